The van der Waals surface area contributed by atoms with Crippen LogP contribution in [0.2, 0.25) is 5.02 Å². The summed E-state index contributed by atoms with van der Waals surface area (Å²) in [5.41, 5.74) is 3.09. The summed E-state index contributed by atoms with van der Waals surface area (Å²) in [5.74, 6) is -1.91. The van der Waals surface area contributed by atoms with E-state index in [-0.39, 0.29) is 16.6 Å². The first-order chi connectivity index (χ1) is 16.7. The highest BCUT2D eigenvalue weighted by atomic mass is 35.5. The van der Waals surface area contributed by atoms with Crippen LogP contribution in [0.25, 0.3) is 22.6 Å². The number of imide groups is 1. The normalized spacial score (nSPS) is 13.7. The van der Waals surface area contributed by atoms with E-state index in [1.165, 1.54) is 12.1 Å². The van der Waals surface area contributed by atoms with Gasteiger partial charge in [0.25, 0.3) is 5.91 Å². The summed E-state index contributed by atoms with van der Waals surface area (Å²) in [6.07, 6.45) is 2.67. The molecule has 180 valence electrons. The molecule has 1 heterocycles. The van der Waals surface area contributed by atoms with Crippen LogP contribution in [-0.2, 0) is 16.0 Å². The van der Waals surface area contributed by atoms with Gasteiger partial charge in [-0.3, -0.25) is 10.1 Å². The molecule has 0 spiro atoms. The number of hydrogen-bond donors (Lipinski definition) is 2. The van der Waals surface area contributed by atoms with Gasteiger partial charge in [-0.1, -0.05) is 35.9 Å². The van der Waals surface area contributed by atoms with Crippen LogP contribution in [0.3, 0.4) is 0 Å². The van der Waals surface area contributed by atoms with Gasteiger partial charge in [0.2, 0.25) is 0 Å². The van der Waals surface area contributed by atoms with Crippen molar-refractivity contribution in [3.8, 4) is 0 Å². The second-order valence-electron chi connectivity index (χ2n) is 8.39. The molecule has 35 heavy (non-hydrogen) atoms. The number of halogens is 2. The molecule has 1 aliphatic carbocycles. The van der Waals surface area contributed by atoms with E-state index >= 15 is 0 Å². The Morgan fingerprint density at radius 1 is 1.14 bits per heavy atom. The number of aromatic nitrogens is 1. The number of pyridine rings is 1. The number of allylic oxidation sites excluding steroid dienone is 1. The van der Waals surface area contributed by atoms with E-state index in [1.54, 1.807) is 50.3 Å². The van der Waals surface area contributed by atoms with E-state index in [0.29, 0.717) is 40.6 Å². The lowest BCUT2D eigenvalue weighted by molar-refractivity contribution is -0.123. The first kappa shape index (κ1) is 24.3. The molecule has 0 saturated heterocycles. The number of ether oxygens (including phenoxy) is 1. The quantitative estimate of drug-likeness (QED) is 0.490. The standard InChI is InChI=1S/C26H23ClFN3O4/c1-14(2)29-26(34)31-22(32)13-35-25(33)23-16-6-3-4-9-21(16)30-24-15(10-11-17(23)24)12-18-19(27)7-5-8-20(18)28/h3-9,12,14H,10-11,13H2,1-2H3,(H2,29,31,32,34). The summed E-state index contributed by atoms with van der Waals surface area (Å²) in [5, 5.41) is 5.50. The number of urea groups is 1. The number of nitrogens with zero attached hydrogens (tertiary/aromatic N) is 1. The third kappa shape index (κ3) is 5.33. The Hall–Kier alpha value is -3.78. The first-order valence-electron chi connectivity index (χ1n) is 11.1. The minimum Gasteiger partial charge on any atom is -0.452 e. The molecule has 7 nitrogen and oxygen atoms in total. The molecular formula is C26H23ClFN3O4. The van der Waals surface area contributed by atoms with E-state index in [0.717, 1.165) is 5.57 Å². The van der Waals surface area contributed by atoms with Crippen molar-refractivity contribution in [2.75, 3.05) is 6.61 Å². The van der Waals surface area contributed by atoms with Gasteiger partial charge in [0.1, 0.15) is 5.82 Å². The SMILES string of the molecule is CC(C)NC(=O)NC(=O)COC(=O)c1c2c(nc3ccccc13)C(=Cc1c(F)cccc1Cl)CC2. The van der Waals surface area contributed by atoms with Crippen LogP contribution in [-0.4, -0.2) is 35.5 Å². The number of hydrogen-bond acceptors (Lipinski definition) is 5. The number of esters is 1. The average Bonchev–Trinajstić information content (AvgIpc) is 3.19. The van der Waals surface area contributed by atoms with Crippen molar-refractivity contribution >= 4 is 52.1 Å². The second-order valence-corrected chi connectivity index (χ2v) is 8.80. The summed E-state index contributed by atoms with van der Waals surface area (Å²) in [6, 6.07) is 10.7. The van der Waals surface area contributed by atoms with Gasteiger partial charge in [0.15, 0.2) is 6.61 Å². The smallest absolute Gasteiger partial charge is 0.339 e. The summed E-state index contributed by atoms with van der Waals surface area (Å²) >= 11 is 6.20. The molecule has 4 rings (SSSR count). The Labute approximate surface area is 206 Å². The van der Waals surface area contributed by atoms with Gasteiger partial charge < -0.3 is 10.1 Å². The number of benzene rings is 2. The number of para-hydroxylation sites is 1. The summed E-state index contributed by atoms with van der Waals surface area (Å²) < 4.78 is 19.6. The molecule has 2 N–H and O–H groups in total. The molecule has 0 fully saturated rings. The van der Waals surface area contributed by atoms with Crippen molar-refractivity contribution in [3.63, 3.8) is 0 Å². The minimum absolute atomic E-state index is 0.155. The van der Waals surface area contributed by atoms with Crippen LogP contribution < -0.4 is 10.6 Å². The number of rotatable bonds is 5. The molecule has 0 atom stereocenters. The van der Waals surface area contributed by atoms with E-state index < -0.39 is 30.3 Å². The molecule has 1 aliphatic rings. The van der Waals surface area contributed by atoms with Crippen LogP contribution in [0.5, 0.6) is 0 Å². The number of carbonyl (C=O) groups is 3. The van der Waals surface area contributed by atoms with Crippen molar-refractivity contribution in [2.45, 2.75) is 32.7 Å². The summed E-state index contributed by atoms with van der Waals surface area (Å²) in [6.45, 7) is 2.88. The third-order valence-corrected chi connectivity index (χ3v) is 5.80. The maximum Gasteiger partial charge on any atom is 0.339 e. The zero-order chi connectivity index (χ0) is 25.1. The summed E-state index contributed by atoms with van der Waals surface area (Å²) in [7, 11) is 0. The highest BCUT2D eigenvalue weighted by molar-refractivity contribution is 6.32. The first-order valence-corrected chi connectivity index (χ1v) is 11.5. The monoisotopic (exact) mass is 495 g/mol. The molecule has 2 aromatic carbocycles. The maximum atomic E-state index is 14.4. The lowest BCUT2D eigenvalue weighted by atomic mass is 10.0. The van der Waals surface area contributed by atoms with Gasteiger partial charge in [-0.15, -0.1) is 0 Å². The maximum absolute atomic E-state index is 14.4. The number of fused-ring (bicyclic) bond motifs is 2. The topological polar surface area (TPSA) is 97.4 Å². The second kappa shape index (κ2) is 10.2. The van der Waals surface area contributed by atoms with Gasteiger partial charge in [-0.25, -0.2) is 19.0 Å². The lowest BCUT2D eigenvalue weighted by Gasteiger charge is -2.13. The Bertz CT molecular complexity index is 1350. The van der Waals surface area contributed by atoms with Crippen LogP contribution in [0.15, 0.2) is 42.5 Å². The number of amides is 3. The van der Waals surface area contributed by atoms with E-state index in [2.05, 4.69) is 10.6 Å². The van der Waals surface area contributed by atoms with Crippen LogP contribution in [0, 0.1) is 5.82 Å². The molecule has 3 amide bonds. The fourth-order valence-corrected chi connectivity index (χ4v) is 4.22. The fraction of sp³-hybridized carbons (Fsp3) is 0.231. The fourth-order valence-electron chi connectivity index (χ4n) is 4.00. The largest absolute Gasteiger partial charge is 0.452 e. The lowest BCUT2D eigenvalue weighted by Crippen LogP contribution is -2.44. The molecule has 0 bridgehead atoms. The molecule has 3 aromatic rings. The number of nitrogens with one attached hydrogen (secondary N) is 2. The highest BCUT2D eigenvalue weighted by Gasteiger charge is 2.28. The average molecular weight is 496 g/mol. The van der Waals surface area contributed by atoms with Gasteiger partial charge in [-0.2, -0.15) is 0 Å². The molecule has 0 aliphatic heterocycles. The van der Waals surface area contributed by atoms with Gasteiger partial charge in [0.05, 0.1) is 21.8 Å². The third-order valence-electron chi connectivity index (χ3n) is 5.47. The zero-order valence-corrected chi connectivity index (χ0v) is 19.9. The predicted molar refractivity (Wildman–Crippen MR) is 131 cm³/mol. The molecule has 1 aromatic heterocycles. The molecular weight excluding hydrogens is 473 g/mol. The number of carbonyl (C=O) groups excluding carboxylic acids is 3. The Kier molecular flexibility index (Phi) is 7.12. The van der Waals surface area contributed by atoms with E-state index in [9.17, 15) is 18.8 Å². The Balaban J connectivity index is 1.66. The Morgan fingerprint density at radius 3 is 2.66 bits per heavy atom. The highest BCUT2D eigenvalue weighted by Crippen LogP contribution is 2.38. The molecule has 0 radical (unpaired) electrons. The molecule has 0 unspecified atom stereocenters. The van der Waals surface area contributed by atoms with Gasteiger partial charge in [-0.05, 0) is 62.1 Å². The zero-order valence-electron chi connectivity index (χ0n) is 19.2. The Morgan fingerprint density at radius 2 is 1.91 bits per heavy atom. The summed E-state index contributed by atoms with van der Waals surface area (Å²) in [4.78, 5) is 41.6. The van der Waals surface area contributed by atoms with Crippen LogP contribution in [0.1, 0.15) is 47.4 Å². The van der Waals surface area contributed by atoms with E-state index in [4.69, 9.17) is 21.3 Å². The van der Waals surface area contributed by atoms with Crippen molar-refractivity contribution in [1.29, 1.82) is 0 Å². The van der Waals surface area contributed by atoms with Crippen LogP contribution in [0.4, 0.5) is 9.18 Å². The van der Waals surface area contributed by atoms with Gasteiger partial charge >= 0.3 is 12.0 Å². The van der Waals surface area contributed by atoms with Crippen molar-refractivity contribution in [3.05, 3.63) is 75.7 Å². The van der Waals surface area contributed by atoms with Gasteiger partial charge in [0, 0.05) is 17.0 Å². The predicted octanol–water partition coefficient (Wildman–Crippen LogP) is 4.91. The molecule has 0 saturated carbocycles. The van der Waals surface area contributed by atoms with Crippen LogP contribution >= 0.6 is 11.6 Å². The van der Waals surface area contributed by atoms with Crippen molar-refractivity contribution < 1.29 is 23.5 Å². The van der Waals surface area contributed by atoms with Crippen molar-refractivity contribution in [2.24, 2.45) is 0 Å². The van der Waals surface area contributed by atoms with E-state index in [1.807, 2.05) is 0 Å². The van der Waals surface area contributed by atoms with Crippen molar-refractivity contribution in [1.82, 2.24) is 15.6 Å². The minimum atomic E-state index is -0.749. The molecule has 9 heteroatoms.